The van der Waals surface area contributed by atoms with Gasteiger partial charge in [0.2, 0.25) is 0 Å². The average molecular weight is 210 g/mol. The molecule has 1 N–H and O–H groups in total. The van der Waals surface area contributed by atoms with Crippen molar-refractivity contribution in [2.24, 2.45) is 4.99 Å². The number of nitrogens with zero attached hydrogens (tertiary/aromatic N) is 2. The molecule has 0 saturated carbocycles. The lowest BCUT2D eigenvalue weighted by Gasteiger charge is -2.04. The SMILES string of the molecule is CCOC(=O)N=c1cc(C)cc(C)n1O. The molecule has 0 aromatic carbocycles. The zero-order valence-electron chi connectivity index (χ0n) is 9.02. The lowest BCUT2D eigenvalue weighted by Crippen LogP contribution is -2.23. The fraction of sp³-hybridized carbons (Fsp3) is 0.400. The molecule has 5 heteroatoms. The van der Waals surface area contributed by atoms with Crippen molar-refractivity contribution in [1.29, 1.82) is 0 Å². The molecule has 0 atom stereocenters. The lowest BCUT2D eigenvalue weighted by molar-refractivity contribution is 0.151. The summed E-state index contributed by atoms with van der Waals surface area (Å²) in [6.45, 7) is 5.54. The zero-order valence-corrected chi connectivity index (χ0v) is 9.02. The topological polar surface area (TPSA) is 63.8 Å². The van der Waals surface area contributed by atoms with Gasteiger partial charge >= 0.3 is 6.09 Å². The molecule has 0 aliphatic rings. The molecule has 1 aromatic rings. The molecule has 1 heterocycles. The van der Waals surface area contributed by atoms with Gasteiger partial charge in [0, 0.05) is 0 Å². The van der Waals surface area contributed by atoms with E-state index in [0.717, 1.165) is 10.3 Å². The second-order valence-corrected chi connectivity index (χ2v) is 3.15. The molecule has 1 rings (SSSR count). The van der Waals surface area contributed by atoms with Crippen LogP contribution in [0.3, 0.4) is 0 Å². The Morgan fingerprint density at radius 2 is 2.20 bits per heavy atom. The van der Waals surface area contributed by atoms with Crippen LogP contribution in [-0.4, -0.2) is 22.6 Å². The Morgan fingerprint density at radius 3 is 2.80 bits per heavy atom. The van der Waals surface area contributed by atoms with Gasteiger partial charge < -0.3 is 9.94 Å². The quantitative estimate of drug-likeness (QED) is 0.712. The number of amides is 1. The van der Waals surface area contributed by atoms with E-state index in [9.17, 15) is 10.0 Å². The van der Waals surface area contributed by atoms with Crippen molar-refractivity contribution in [2.75, 3.05) is 6.61 Å². The molecule has 15 heavy (non-hydrogen) atoms. The van der Waals surface area contributed by atoms with Crippen molar-refractivity contribution < 1.29 is 14.7 Å². The summed E-state index contributed by atoms with van der Waals surface area (Å²) in [5, 5.41) is 9.55. The molecule has 5 nitrogen and oxygen atoms in total. The number of aryl methyl sites for hydroxylation is 2. The van der Waals surface area contributed by atoms with Gasteiger partial charge in [-0.15, -0.1) is 0 Å². The Hall–Kier alpha value is -1.78. The highest BCUT2D eigenvalue weighted by Crippen LogP contribution is 1.96. The van der Waals surface area contributed by atoms with Crippen molar-refractivity contribution in [3.05, 3.63) is 28.9 Å². The summed E-state index contributed by atoms with van der Waals surface area (Å²) in [5.41, 5.74) is 1.70. The van der Waals surface area contributed by atoms with Crippen molar-refractivity contribution in [2.45, 2.75) is 20.8 Å². The van der Waals surface area contributed by atoms with Gasteiger partial charge in [0.1, 0.15) is 0 Å². The minimum atomic E-state index is -0.703. The molecular formula is C10H14N2O3. The summed E-state index contributed by atoms with van der Waals surface area (Å²) in [6.07, 6.45) is -0.703. The molecule has 0 radical (unpaired) electrons. The van der Waals surface area contributed by atoms with Crippen LogP contribution in [0, 0.1) is 13.8 Å². The Kier molecular flexibility index (Phi) is 3.49. The van der Waals surface area contributed by atoms with E-state index in [-0.39, 0.29) is 12.1 Å². The van der Waals surface area contributed by atoms with Gasteiger partial charge in [0.05, 0.1) is 12.3 Å². The van der Waals surface area contributed by atoms with Crippen LogP contribution in [0.4, 0.5) is 4.79 Å². The molecule has 0 aliphatic carbocycles. The summed E-state index contributed by atoms with van der Waals surface area (Å²) in [7, 11) is 0. The van der Waals surface area contributed by atoms with Gasteiger partial charge in [-0.3, -0.25) is 0 Å². The summed E-state index contributed by atoms with van der Waals surface area (Å²) in [4.78, 5) is 14.7. The van der Waals surface area contributed by atoms with Crippen LogP contribution in [0.5, 0.6) is 0 Å². The van der Waals surface area contributed by atoms with Crippen LogP contribution in [0.1, 0.15) is 18.2 Å². The van der Waals surface area contributed by atoms with E-state index >= 15 is 0 Å². The van der Waals surface area contributed by atoms with Crippen molar-refractivity contribution in [3.63, 3.8) is 0 Å². The molecule has 0 aliphatic heterocycles. The number of rotatable bonds is 1. The minimum Gasteiger partial charge on any atom is -0.448 e. The molecule has 82 valence electrons. The molecule has 1 amide bonds. The van der Waals surface area contributed by atoms with Crippen LogP contribution in [0.25, 0.3) is 0 Å². The molecule has 0 bridgehead atoms. The Morgan fingerprint density at radius 1 is 1.53 bits per heavy atom. The maximum atomic E-state index is 11.1. The lowest BCUT2D eigenvalue weighted by atomic mass is 10.2. The number of ether oxygens (including phenoxy) is 1. The molecular weight excluding hydrogens is 196 g/mol. The van der Waals surface area contributed by atoms with Crippen LogP contribution in [0.15, 0.2) is 17.1 Å². The van der Waals surface area contributed by atoms with Gasteiger partial charge in [0.25, 0.3) is 0 Å². The Labute approximate surface area is 87.6 Å². The third kappa shape index (κ3) is 2.83. The average Bonchev–Trinajstić information content (AvgIpc) is 2.13. The first kappa shape index (κ1) is 11.3. The van der Waals surface area contributed by atoms with Crippen LogP contribution in [-0.2, 0) is 4.74 Å². The van der Waals surface area contributed by atoms with Gasteiger partial charge in [-0.25, -0.2) is 4.79 Å². The number of carbonyl (C=O) groups is 1. The predicted octanol–water partition coefficient (Wildman–Crippen LogP) is 1.40. The first-order valence-corrected chi connectivity index (χ1v) is 4.65. The number of hydrogen-bond acceptors (Lipinski definition) is 3. The maximum absolute atomic E-state index is 11.1. The third-order valence-corrected chi connectivity index (χ3v) is 1.82. The van der Waals surface area contributed by atoms with E-state index in [0.29, 0.717) is 5.69 Å². The summed E-state index contributed by atoms with van der Waals surface area (Å²) in [6, 6.07) is 3.38. The van der Waals surface area contributed by atoms with Gasteiger partial charge in [-0.1, -0.05) is 0 Å². The fourth-order valence-electron chi connectivity index (χ4n) is 1.21. The second-order valence-electron chi connectivity index (χ2n) is 3.15. The van der Waals surface area contributed by atoms with Crippen LogP contribution < -0.4 is 5.49 Å². The van der Waals surface area contributed by atoms with E-state index in [4.69, 9.17) is 0 Å². The minimum absolute atomic E-state index is 0.172. The summed E-state index contributed by atoms with van der Waals surface area (Å²) < 4.78 is 5.50. The number of pyridine rings is 1. The van der Waals surface area contributed by atoms with E-state index in [1.54, 1.807) is 26.0 Å². The first-order chi connectivity index (χ1) is 7.04. The number of hydrogen-bond donors (Lipinski definition) is 1. The van der Waals surface area contributed by atoms with E-state index in [2.05, 4.69) is 9.73 Å². The Balaban J connectivity index is 3.19. The predicted molar refractivity (Wildman–Crippen MR) is 53.7 cm³/mol. The summed E-state index contributed by atoms with van der Waals surface area (Å²) >= 11 is 0. The molecule has 0 unspecified atom stereocenters. The maximum Gasteiger partial charge on any atom is 0.435 e. The first-order valence-electron chi connectivity index (χ1n) is 4.65. The van der Waals surface area contributed by atoms with Crippen molar-refractivity contribution in [1.82, 2.24) is 4.73 Å². The fourth-order valence-corrected chi connectivity index (χ4v) is 1.21. The molecule has 0 saturated heterocycles. The normalized spacial score (nSPS) is 11.5. The highest BCUT2D eigenvalue weighted by molar-refractivity contribution is 5.68. The van der Waals surface area contributed by atoms with E-state index < -0.39 is 6.09 Å². The van der Waals surface area contributed by atoms with Gasteiger partial charge in [0.15, 0.2) is 5.49 Å². The van der Waals surface area contributed by atoms with Gasteiger partial charge in [-0.2, -0.15) is 9.72 Å². The van der Waals surface area contributed by atoms with Crippen molar-refractivity contribution in [3.8, 4) is 0 Å². The smallest absolute Gasteiger partial charge is 0.435 e. The van der Waals surface area contributed by atoms with Gasteiger partial charge in [-0.05, 0) is 38.5 Å². The molecule has 0 spiro atoms. The van der Waals surface area contributed by atoms with Crippen molar-refractivity contribution >= 4 is 6.09 Å². The highest BCUT2D eigenvalue weighted by Gasteiger charge is 2.01. The molecule has 1 aromatic heterocycles. The largest absolute Gasteiger partial charge is 0.448 e. The van der Waals surface area contributed by atoms with Crippen LogP contribution >= 0.6 is 0 Å². The number of aromatic nitrogens is 1. The second kappa shape index (κ2) is 4.63. The summed E-state index contributed by atoms with van der Waals surface area (Å²) in [5.74, 6) is 0. The number of carbonyl (C=O) groups excluding carboxylic acids is 1. The standard InChI is InChI=1S/C10H14N2O3/c1-4-15-10(13)11-9-6-7(2)5-8(3)12(9)14/h5-6,14H,4H2,1-3H3. The highest BCUT2D eigenvalue weighted by atomic mass is 16.5. The molecule has 0 fully saturated rings. The van der Waals surface area contributed by atoms with Crippen LogP contribution in [0.2, 0.25) is 0 Å². The van der Waals surface area contributed by atoms with E-state index in [1.807, 2.05) is 6.92 Å². The third-order valence-electron chi connectivity index (χ3n) is 1.82. The Bertz CT molecular complexity index is 435. The monoisotopic (exact) mass is 210 g/mol. The zero-order chi connectivity index (χ0) is 11.4. The van der Waals surface area contributed by atoms with E-state index in [1.165, 1.54) is 0 Å².